The van der Waals surface area contributed by atoms with Gasteiger partial charge in [-0.1, -0.05) is 0 Å². The third kappa shape index (κ3) is 2.30. The molecule has 0 bridgehead atoms. The molecule has 0 aromatic heterocycles. The predicted octanol–water partition coefficient (Wildman–Crippen LogP) is -1.65. The van der Waals surface area contributed by atoms with Crippen molar-refractivity contribution < 1.29 is 30.3 Å². The van der Waals surface area contributed by atoms with Crippen LogP contribution < -0.4 is 21.5 Å². The predicted molar refractivity (Wildman–Crippen MR) is 31.7 cm³/mol. The first-order chi connectivity index (χ1) is 4.64. The van der Waals surface area contributed by atoms with Crippen molar-refractivity contribution in [3.05, 3.63) is 0 Å². The van der Waals surface area contributed by atoms with Gasteiger partial charge in [-0.25, -0.2) is 0 Å². The van der Waals surface area contributed by atoms with E-state index in [1.165, 1.54) is 0 Å². The average molecular weight is 262 g/mol. The van der Waals surface area contributed by atoms with Gasteiger partial charge in [0.25, 0.3) is 0 Å². The summed E-state index contributed by atoms with van der Waals surface area (Å²) in [5.41, 5.74) is 0. The van der Waals surface area contributed by atoms with Crippen molar-refractivity contribution in [1.29, 1.82) is 0 Å². The molecule has 0 N–H and O–H groups in total. The summed E-state index contributed by atoms with van der Waals surface area (Å²) in [7, 11) is 0. The third-order valence-electron chi connectivity index (χ3n) is 1.59. The zero-order chi connectivity index (χ0) is 7.61. The summed E-state index contributed by atoms with van der Waals surface area (Å²) in [5.74, 6) is -2.39. The minimum atomic E-state index is -2.39. The molecule has 4 heteroatoms. The number of nitrogens with zero attached hydrogens (tertiary/aromatic N) is 1. The van der Waals surface area contributed by atoms with Crippen LogP contribution in [0.15, 0.2) is 0 Å². The van der Waals surface area contributed by atoms with Gasteiger partial charge in [0, 0.05) is 0 Å². The van der Waals surface area contributed by atoms with Gasteiger partial charge < -0.3 is 0 Å². The molecule has 10 heavy (non-hydrogen) atoms. The standard InChI is InChI=1S/C6H11F2IN/c1-9-10-4-2-3-6(7,8)5-10/h2-5H2,1H3/q-1. The van der Waals surface area contributed by atoms with Gasteiger partial charge in [-0.05, 0) is 0 Å². The Balaban J connectivity index is 2.40. The van der Waals surface area contributed by atoms with Crippen LogP contribution in [0, 0.1) is 0 Å². The Morgan fingerprint density at radius 3 is 2.60 bits per heavy atom. The molecule has 0 aromatic rings. The van der Waals surface area contributed by atoms with Crippen molar-refractivity contribution in [3.63, 3.8) is 0 Å². The molecule has 0 saturated carbocycles. The van der Waals surface area contributed by atoms with Gasteiger partial charge in [0.1, 0.15) is 0 Å². The fraction of sp³-hybridized carbons (Fsp3) is 1.00. The summed E-state index contributed by atoms with van der Waals surface area (Å²) in [5, 5.41) is 0. The van der Waals surface area contributed by atoms with E-state index in [2.05, 4.69) is 0 Å². The minimum absolute atomic E-state index is 0.0107. The Morgan fingerprint density at radius 2 is 2.20 bits per heavy atom. The summed E-state index contributed by atoms with van der Waals surface area (Å²) in [6.45, 7) is 0.899. The molecular weight excluding hydrogens is 251 g/mol. The van der Waals surface area contributed by atoms with Gasteiger partial charge in [0.15, 0.2) is 0 Å². The molecule has 1 aliphatic rings. The summed E-state index contributed by atoms with van der Waals surface area (Å²) < 4.78 is 27.1. The van der Waals surface area contributed by atoms with Gasteiger partial charge in [0.2, 0.25) is 0 Å². The second kappa shape index (κ2) is 3.30. The van der Waals surface area contributed by atoms with E-state index >= 15 is 0 Å². The topological polar surface area (TPSA) is 3.24 Å². The van der Waals surface area contributed by atoms with Crippen LogP contribution in [0.5, 0.6) is 0 Å². The van der Waals surface area contributed by atoms with Crippen LogP contribution in [0.3, 0.4) is 0 Å². The van der Waals surface area contributed by atoms with Gasteiger partial charge >= 0.3 is 70.2 Å². The first kappa shape index (κ1) is 8.64. The van der Waals surface area contributed by atoms with Crippen molar-refractivity contribution in [2.75, 3.05) is 18.0 Å². The van der Waals surface area contributed by atoms with Crippen molar-refractivity contribution >= 4 is 0 Å². The maximum absolute atomic E-state index is 12.6. The number of piperidine rings is 1. The molecule has 62 valence electrons. The van der Waals surface area contributed by atoms with Crippen molar-refractivity contribution in [1.82, 2.24) is 3.11 Å². The summed E-state index contributed by atoms with van der Waals surface area (Å²) in [6, 6.07) is 0. The first-order valence-electron chi connectivity index (χ1n) is 3.26. The third-order valence-corrected chi connectivity index (χ3v) is 3.77. The van der Waals surface area contributed by atoms with Crippen molar-refractivity contribution in [2.45, 2.75) is 18.8 Å². The van der Waals surface area contributed by atoms with Gasteiger partial charge in [-0.2, -0.15) is 0 Å². The van der Waals surface area contributed by atoms with E-state index in [0.29, 0.717) is 6.42 Å². The Labute approximate surface area is 70.4 Å². The van der Waals surface area contributed by atoms with E-state index in [9.17, 15) is 8.78 Å². The molecule has 0 unspecified atom stereocenters. The van der Waals surface area contributed by atoms with E-state index < -0.39 is 5.92 Å². The Morgan fingerprint density at radius 1 is 1.50 bits per heavy atom. The first-order valence-corrected chi connectivity index (χ1v) is 6.39. The molecule has 1 rings (SSSR count). The molecule has 0 radical (unpaired) electrons. The average Bonchev–Trinajstić information content (AvgIpc) is 1.86. The molecule has 0 amide bonds. The number of halogens is 3. The van der Waals surface area contributed by atoms with Crippen molar-refractivity contribution in [3.8, 4) is 0 Å². The molecule has 1 heterocycles. The zero-order valence-corrected chi connectivity index (χ0v) is 8.07. The quantitative estimate of drug-likeness (QED) is 0.311. The summed E-state index contributed by atoms with van der Waals surface area (Å²) in [4.78, 5) is 2.03. The van der Waals surface area contributed by atoms with E-state index in [0.717, 1.165) is 6.54 Å². The molecule has 0 spiro atoms. The van der Waals surface area contributed by atoms with Crippen LogP contribution in [0.4, 0.5) is 8.78 Å². The van der Waals surface area contributed by atoms with E-state index in [4.69, 9.17) is 0 Å². The van der Waals surface area contributed by atoms with Gasteiger partial charge in [-0.15, -0.1) is 0 Å². The van der Waals surface area contributed by atoms with Crippen molar-refractivity contribution in [2.24, 2.45) is 0 Å². The fourth-order valence-electron chi connectivity index (χ4n) is 1.06. The molecule has 0 aromatic carbocycles. The molecule has 1 saturated heterocycles. The van der Waals surface area contributed by atoms with Crippen LogP contribution in [0.1, 0.15) is 12.8 Å². The van der Waals surface area contributed by atoms with Crippen LogP contribution in [0.25, 0.3) is 0 Å². The van der Waals surface area contributed by atoms with Crippen LogP contribution in [0.2, 0.25) is 0 Å². The molecule has 1 fully saturated rings. The van der Waals surface area contributed by atoms with Crippen LogP contribution >= 0.6 is 0 Å². The van der Waals surface area contributed by atoms with Crippen LogP contribution in [-0.2, 0) is 0 Å². The van der Waals surface area contributed by atoms with Gasteiger partial charge in [-0.3, -0.25) is 0 Å². The monoisotopic (exact) mass is 262 g/mol. The Hall–Kier alpha value is 0.550. The number of alkyl halides is 3. The second-order valence-electron chi connectivity index (χ2n) is 2.47. The number of rotatable bonds is 1. The molecular formula is C6H11F2IN-. The number of hydrogen-bond acceptors (Lipinski definition) is 1. The fourth-order valence-corrected chi connectivity index (χ4v) is 2.73. The second-order valence-corrected chi connectivity index (χ2v) is 4.80. The summed E-state index contributed by atoms with van der Waals surface area (Å²) >= 11 is -0.120. The van der Waals surface area contributed by atoms with E-state index in [1.807, 2.05) is 8.04 Å². The van der Waals surface area contributed by atoms with Gasteiger partial charge in [0.05, 0.1) is 0 Å². The summed E-state index contributed by atoms with van der Waals surface area (Å²) in [6.07, 6.45) is 0.758. The molecule has 0 atom stereocenters. The SMILES string of the molecule is C[I-]N1CCCC(F)(F)C1. The van der Waals surface area contributed by atoms with E-state index in [-0.39, 0.29) is 34.4 Å². The van der Waals surface area contributed by atoms with E-state index in [1.54, 1.807) is 0 Å². The molecule has 1 nitrogen and oxygen atoms in total. The normalized spacial score (nSPS) is 27.1. The molecule has 0 aliphatic carbocycles. The molecule has 1 aliphatic heterocycles. The van der Waals surface area contributed by atoms with Crippen LogP contribution in [-0.4, -0.2) is 27.1 Å². The maximum atomic E-state index is 12.6. The Kier molecular flexibility index (Phi) is 2.85. The zero-order valence-electron chi connectivity index (χ0n) is 5.91. The Bertz CT molecular complexity index is 118. The number of hydrogen-bond donors (Lipinski definition) is 0.